The van der Waals surface area contributed by atoms with Crippen molar-refractivity contribution in [3.63, 3.8) is 0 Å². The zero-order valence-corrected chi connectivity index (χ0v) is 17.6. The lowest BCUT2D eigenvalue weighted by Crippen LogP contribution is -2.38. The lowest BCUT2D eigenvalue weighted by Gasteiger charge is -2.25. The van der Waals surface area contributed by atoms with Crippen LogP contribution in [0.5, 0.6) is 11.5 Å². The Hall–Kier alpha value is -2.88. The quantitative estimate of drug-likeness (QED) is 0.630. The molecule has 0 saturated carbocycles. The minimum absolute atomic E-state index is 0.0587. The SMILES string of the molecule is O=c1[nH]c2cc3c(cc2cc1CN(C[C@H]1CCCO1)S(=O)(=O)c1ccccc1)OCO3. The first-order valence-electron chi connectivity index (χ1n) is 10.1. The Kier molecular flexibility index (Phi) is 5.17. The molecule has 1 aromatic heterocycles. The Labute approximate surface area is 179 Å². The maximum Gasteiger partial charge on any atom is 0.252 e. The van der Waals surface area contributed by atoms with Crippen LogP contribution >= 0.6 is 0 Å². The van der Waals surface area contributed by atoms with Crippen LogP contribution in [0.1, 0.15) is 18.4 Å². The summed E-state index contributed by atoms with van der Waals surface area (Å²) in [7, 11) is -3.81. The molecule has 0 amide bonds. The Bertz CT molecular complexity index is 1270. The van der Waals surface area contributed by atoms with E-state index in [-0.39, 0.29) is 36.4 Å². The molecule has 1 N–H and O–H groups in total. The molecule has 31 heavy (non-hydrogen) atoms. The average Bonchev–Trinajstić information content (AvgIpc) is 3.44. The number of nitrogens with one attached hydrogen (secondary N) is 1. The molecule has 0 bridgehead atoms. The number of nitrogens with zero attached hydrogens (tertiary/aromatic N) is 1. The monoisotopic (exact) mass is 442 g/mol. The van der Waals surface area contributed by atoms with E-state index in [1.165, 1.54) is 4.31 Å². The van der Waals surface area contributed by atoms with E-state index >= 15 is 0 Å². The van der Waals surface area contributed by atoms with Gasteiger partial charge in [0.25, 0.3) is 5.56 Å². The molecule has 3 aromatic rings. The molecule has 2 aromatic carbocycles. The molecule has 162 valence electrons. The fourth-order valence-corrected chi connectivity index (χ4v) is 5.42. The highest BCUT2D eigenvalue weighted by Gasteiger charge is 2.30. The summed E-state index contributed by atoms with van der Waals surface area (Å²) in [6.07, 6.45) is 1.50. The van der Waals surface area contributed by atoms with E-state index in [1.807, 2.05) is 0 Å². The maximum atomic E-state index is 13.4. The van der Waals surface area contributed by atoms with Crippen LogP contribution in [0, 0.1) is 0 Å². The van der Waals surface area contributed by atoms with Crippen LogP contribution < -0.4 is 15.0 Å². The van der Waals surface area contributed by atoms with Gasteiger partial charge in [0.1, 0.15) is 0 Å². The highest BCUT2D eigenvalue weighted by Crippen LogP contribution is 2.35. The van der Waals surface area contributed by atoms with Crippen molar-refractivity contribution in [2.24, 2.45) is 0 Å². The van der Waals surface area contributed by atoms with E-state index in [4.69, 9.17) is 14.2 Å². The molecular formula is C22H22N2O6S. The first kappa shape index (κ1) is 20.0. The fraction of sp³-hybridized carbons (Fsp3) is 0.318. The van der Waals surface area contributed by atoms with Gasteiger partial charge >= 0.3 is 0 Å². The van der Waals surface area contributed by atoms with Crippen LogP contribution in [0.15, 0.2) is 58.2 Å². The van der Waals surface area contributed by atoms with Gasteiger partial charge in [-0.2, -0.15) is 4.31 Å². The van der Waals surface area contributed by atoms with E-state index in [1.54, 1.807) is 48.5 Å². The van der Waals surface area contributed by atoms with Gasteiger partial charge in [0, 0.05) is 36.7 Å². The van der Waals surface area contributed by atoms with Crippen LogP contribution in [0.4, 0.5) is 0 Å². The van der Waals surface area contributed by atoms with E-state index in [2.05, 4.69) is 4.98 Å². The van der Waals surface area contributed by atoms with Crippen molar-refractivity contribution >= 4 is 20.9 Å². The Morgan fingerprint density at radius 1 is 1.06 bits per heavy atom. The normalized spacial score (nSPS) is 18.2. The predicted molar refractivity (Wildman–Crippen MR) is 114 cm³/mol. The van der Waals surface area contributed by atoms with Crippen LogP contribution in [-0.4, -0.2) is 43.8 Å². The number of fused-ring (bicyclic) bond motifs is 2. The summed E-state index contributed by atoms with van der Waals surface area (Å²) in [5.74, 6) is 1.17. The van der Waals surface area contributed by atoms with Gasteiger partial charge in [-0.1, -0.05) is 18.2 Å². The lowest BCUT2D eigenvalue weighted by atomic mass is 10.1. The van der Waals surface area contributed by atoms with Crippen molar-refractivity contribution in [1.29, 1.82) is 0 Å². The first-order valence-corrected chi connectivity index (χ1v) is 11.6. The van der Waals surface area contributed by atoms with Gasteiger partial charge in [-0.25, -0.2) is 8.42 Å². The average molecular weight is 442 g/mol. The molecule has 5 rings (SSSR count). The van der Waals surface area contributed by atoms with Crippen LogP contribution in [-0.2, 0) is 21.3 Å². The van der Waals surface area contributed by atoms with Gasteiger partial charge in [-0.15, -0.1) is 0 Å². The number of aromatic amines is 1. The van der Waals surface area contributed by atoms with Crippen molar-refractivity contribution in [2.75, 3.05) is 19.9 Å². The minimum Gasteiger partial charge on any atom is -0.454 e. The third-order valence-electron chi connectivity index (χ3n) is 5.57. The first-order chi connectivity index (χ1) is 15.0. The molecule has 0 spiro atoms. The van der Waals surface area contributed by atoms with Gasteiger partial charge in [-0.05, 0) is 37.1 Å². The topological polar surface area (TPSA) is 97.9 Å². The molecule has 3 heterocycles. The highest BCUT2D eigenvalue weighted by atomic mass is 32.2. The van der Waals surface area contributed by atoms with E-state index < -0.39 is 10.0 Å². The molecule has 1 fully saturated rings. The maximum absolute atomic E-state index is 13.4. The van der Waals surface area contributed by atoms with E-state index in [0.717, 1.165) is 18.2 Å². The Morgan fingerprint density at radius 3 is 2.58 bits per heavy atom. The summed E-state index contributed by atoms with van der Waals surface area (Å²) >= 11 is 0. The second-order valence-corrected chi connectivity index (χ2v) is 9.60. The number of benzene rings is 2. The van der Waals surface area contributed by atoms with Gasteiger partial charge in [0.05, 0.1) is 16.5 Å². The largest absolute Gasteiger partial charge is 0.454 e. The summed E-state index contributed by atoms with van der Waals surface area (Å²) in [4.78, 5) is 15.8. The third-order valence-corrected chi connectivity index (χ3v) is 7.40. The van der Waals surface area contributed by atoms with Crippen LogP contribution in [0.3, 0.4) is 0 Å². The fourth-order valence-electron chi connectivity index (χ4n) is 3.95. The summed E-state index contributed by atoms with van der Waals surface area (Å²) in [5.41, 5.74) is 0.616. The van der Waals surface area contributed by atoms with Crippen molar-refractivity contribution in [2.45, 2.75) is 30.4 Å². The summed E-state index contributed by atoms with van der Waals surface area (Å²) in [6.45, 7) is 0.882. The predicted octanol–water partition coefficient (Wildman–Crippen LogP) is 2.63. The summed E-state index contributed by atoms with van der Waals surface area (Å²) in [6, 6.07) is 13.5. The summed E-state index contributed by atoms with van der Waals surface area (Å²) in [5, 5.41) is 0.744. The molecule has 9 heteroatoms. The Balaban J connectivity index is 1.52. The standard InChI is InChI=1S/C22H22N2O6S/c25-22-16(9-15-10-20-21(30-14-29-20)11-19(15)23-22)12-24(13-17-5-4-8-28-17)31(26,27)18-6-2-1-3-7-18/h1-3,6-7,9-11,17H,4-5,8,12-14H2,(H,23,25)/t17-/m1/s1. The number of hydrogen-bond acceptors (Lipinski definition) is 6. The molecule has 0 aliphatic carbocycles. The number of hydrogen-bond donors (Lipinski definition) is 1. The zero-order valence-electron chi connectivity index (χ0n) is 16.7. The molecule has 2 aliphatic heterocycles. The second-order valence-electron chi connectivity index (χ2n) is 7.66. The van der Waals surface area contributed by atoms with Gasteiger partial charge in [0.2, 0.25) is 16.8 Å². The Morgan fingerprint density at radius 2 is 1.84 bits per heavy atom. The molecule has 1 atom stereocenters. The molecule has 2 aliphatic rings. The smallest absolute Gasteiger partial charge is 0.252 e. The van der Waals surface area contributed by atoms with E-state index in [9.17, 15) is 13.2 Å². The number of sulfonamides is 1. The zero-order chi connectivity index (χ0) is 21.4. The third kappa shape index (κ3) is 3.91. The van der Waals surface area contributed by atoms with Crippen molar-refractivity contribution in [3.8, 4) is 11.5 Å². The number of H-pyrrole nitrogens is 1. The lowest BCUT2D eigenvalue weighted by molar-refractivity contribution is 0.0925. The summed E-state index contributed by atoms with van der Waals surface area (Å²) < 4.78 is 44.5. The second kappa shape index (κ2) is 7.99. The number of aromatic nitrogens is 1. The molecule has 0 radical (unpaired) electrons. The molecular weight excluding hydrogens is 420 g/mol. The van der Waals surface area contributed by atoms with Crippen molar-refractivity contribution in [3.05, 3.63) is 64.4 Å². The molecule has 1 saturated heterocycles. The molecule has 8 nitrogen and oxygen atoms in total. The van der Waals surface area contributed by atoms with Crippen LogP contribution in [0.25, 0.3) is 10.9 Å². The van der Waals surface area contributed by atoms with Crippen molar-refractivity contribution < 1.29 is 22.6 Å². The van der Waals surface area contributed by atoms with Crippen molar-refractivity contribution in [1.82, 2.24) is 9.29 Å². The number of rotatable bonds is 6. The van der Waals surface area contributed by atoms with Gasteiger partial charge in [-0.3, -0.25) is 4.79 Å². The highest BCUT2D eigenvalue weighted by molar-refractivity contribution is 7.89. The van der Waals surface area contributed by atoms with Crippen LogP contribution in [0.2, 0.25) is 0 Å². The minimum atomic E-state index is -3.81. The van der Waals surface area contributed by atoms with Gasteiger partial charge < -0.3 is 19.2 Å². The number of ether oxygens (including phenoxy) is 3. The number of pyridine rings is 1. The van der Waals surface area contributed by atoms with E-state index in [0.29, 0.717) is 29.2 Å². The van der Waals surface area contributed by atoms with Gasteiger partial charge in [0.15, 0.2) is 11.5 Å². The molecule has 0 unspecified atom stereocenters.